The minimum atomic E-state index is -1.24. The van der Waals surface area contributed by atoms with E-state index in [1.54, 1.807) is 0 Å². The van der Waals surface area contributed by atoms with Crippen LogP contribution < -0.4 is 11.1 Å². The molecule has 6 heteroatoms. The van der Waals surface area contributed by atoms with Crippen molar-refractivity contribution in [1.82, 2.24) is 4.90 Å². The van der Waals surface area contributed by atoms with E-state index in [1.807, 2.05) is 25.9 Å². The third kappa shape index (κ3) is 3.10. The number of hydrogen-bond acceptors (Lipinski definition) is 4. The largest absolute Gasteiger partial charge is 0.478 e. The molecule has 1 rings (SSSR count). The van der Waals surface area contributed by atoms with Crippen LogP contribution in [0.3, 0.4) is 0 Å². The van der Waals surface area contributed by atoms with E-state index in [-0.39, 0.29) is 17.3 Å². The smallest absolute Gasteiger partial charge is 0.340 e. The van der Waals surface area contributed by atoms with Gasteiger partial charge in [0.25, 0.3) is 0 Å². The van der Waals surface area contributed by atoms with E-state index in [1.165, 1.54) is 6.07 Å². The van der Waals surface area contributed by atoms with Crippen LogP contribution in [0.1, 0.15) is 17.3 Å². The third-order valence-corrected chi connectivity index (χ3v) is 2.88. The number of likely N-dealkylation sites (N-methyl/N-ethyl adjacent to an activating group) is 1. The summed E-state index contributed by atoms with van der Waals surface area (Å²) in [6, 6.07) is 2.75. The summed E-state index contributed by atoms with van der Waals surface area (Å²) in [6.45, 7) is 2.53. The summed E-state index contributed by atoms with van der Waals surface area (Å²) in [5.74, 6) is -1.97. The molecule has 1 unspecified atom stereocenters. The van der Waals surface area contributed by atoms with Crippen LogP contribution in [0.25, 0.3) is 0 Å². The SMILES string of the molecule is CC(CNc1ccc(F)c(N)c1C(=O)O)N(C)C. The average Bonchev–Trinajstić information content (AvgIpc) is 2.29. The summed E-state index contributed by atoms with van der Waals surface area (Å²) in [7, 11) is 3.84. The Bertz CT molecular complexity index is 449. The summed E-state index contributed by atoms with van der Waals surface area (Å²) in [4.78, 5) is 13.1. The number of hydrogen-bond donors (Lipinski definition) is 3. The number of carboxylic acids is 1. The summed E-state index contributed by atoms with van der Waals surface area (Å²) in [5, 5.41) is 12.0. The first-order valence-corrected chi connectivity index (χ1v) is 5.56. The number of rotatable bonds is 5. The monoisotopic (exact) mass is 255 g/mol. The van der Waals surface area contributed by atoms with E-state index >= 15 is 0 Å². The Morgan fingerprint density at radius 2 is 2.17 bits per heavy atom. The lowest BCUT2D eigenvalue weighted by Gasteiger charge is -2.21. The number of anilines is 2. The summed E-state index contributed by atoms with van der Waals surface area (Å²) in [6.07, 6.45) is 0. The normalized spacial score (nSPS) is 12.5. The first kappa shape index (κ1) is 14.2. The molecule has 4 N–H and O–H groups in total. The van der Waals surface area contributed by atoms with Crippen LogP contribution in [-0.4, -0.2) is 42.7 Å². The summed E-state index contributed by atoms with van der Waals surface area (Å²) in [5.41, 5.74) is 5.21. The number of aromatic carboxylic acids is 1. The van der Waals surface area contributed by atoms with Crippen LogP contribution in [0.2, 0.25) is 0 Å². The molecule has 0 radical (unpaired) electrons. The lowest BCUT2D eigenvalue weighted by molar-refractivity contribution is 0.0698. The van der Waals surface area contributed by atoms with Crippen LogP contribution in [0, 0.1) is 5.82 Å². The molecular weight excluding hydrogens is 237 g/mol. The van der Waals surface area contributed by atoms with Gasteiger partial charge in [-0.1, -0.05) is 0 Å². The second-order valence-corrected chi connectivity index (χ2v) is 4.38. The average molecular weight is 255 g/mol. The highest BCUT2D eigenvalue weighted by molar-refractivity contribution is 6.00. The van der Waals surface area contributed by atoms with Crippen molar-refractivity contribution in [3.05, 3.63) is 23.5 Å². The predicted octanol–water partition coefficient (Wildman–Crippen LogP) is 1.47. The van der Waals surface area contributed by atoms with Crippen molar-refractivity contribution in [2.24, 2.45) is 0 Å². The van der Waals surface area contributed by atoms with E-state index in [0.29, 0.717) is 12.2 Å². The molecule has 5 nitrogen and oxygen atoms in total. The molecule has 0 amide bonds. The molecular formula is C12H18FN3O2. The third-order valence-electron chi connectivity index (χ3n) is 2.88. The fraction of sp³-hybridized carbons (Fsp3) is 0.417. The van der Waals surface area contributed by atoms with Crippen LogP contribution in [0.15, 0.2) is 12.1 Å². The van der Waals surface area contributed by atoms with Crippen LogP contribution in [0.5, 0.6) is 0 Å². The highest BCUT2D eigenvalue weighted by Gasteiger charge is 2.17. The van der Waals surface area contributed by atoms with Gasteiger partial charge in [0.15, 0.2) is 0 Å². The first-order valence-electron chi connectivity index (χ1n) is 5.56. The maximum atomic E-state index is 13.2. The molecule has 0 heterocycles. The summed E-state index contributed by atoms with van der Waals surface area (Å²) < 4.78 is 13.2. The van der Waals surface area contributed by atoms with Gasteiger partial charge in [-0.05, 0) is 33.2 Å². The van der Waals surface area contributed by atoms with E-state index in [0.717, 1.165) is 6.07 Å². The van der Waals surface area contributed by atoms with Crippen molar-refractivity contribution < 1.29 is 14.3 Å². The Morgan fingerprint density at radius 3 is 2.67 bits per heavy atom. The Morgan fingerprint density at radius 1 is 1.56 bits per heavy atom. The molecule has 1 aromatic rings. The molecule has 0 spiro atoms. The molecule has 100 valence electrons. The van der Waals surface area contributed by atoms with E-state index < -0.39 is 11.8 Å². The van der Waals surface area contributed by atoms with Gasteiger partial charge in [-0.3, -0.25) is 0 Å². The number of benzene rings is 1. The maximum absolute atomic E-state index is 13.2. The highest BCUT2D eigenvalue weighted by Crippen LogP contribution is 2.25. The van der Waals surface area contributed by atoms with Crippen molar-refractivity contribution in [2.75, 3.05) is 31.7 Å². The van der Waals surface area contributed by atoms with Gasteiger partial charge in [0.1, 0.15) is 11.4 Å². The zero-order valence-corrected chi connectivity index (χ0v) is 10.7. The second kappa shape index (κ2) is 5.68. The van der Waals surface area contributed by atoms with Gasteiger partial charge in [0.05, 0.1) is 11.4 Å². The number of nitrogens with one attached hydrogen (secondary N) is 1. The number of carboxylic acid groups (broad SMARTS) is 1. The van der Waals surface area contributed by atoms with Gasteiger partial charge < -0.3 is 21.1 Å². The minimum absolute atomic E-state index is 0.206. The van der Waals surface area contributed by atoms with Crippen molar-refractivity contribution in [1.29, 1.82) is 0 Å². The first-order chi connectivity index (χ1) is 8.34. The van der Waals surface area contributed by atoms with Crippen LogP contribution >= 0.6 is 0 Å². The van der Waals surface area contributed by atoms with E-state index in [9.17, 15) is 9.18 Å². The number of carbonyl (C=O) groups is 1. The molecule has 1 atom stereocenters. The Labute approximate surface area is 105 Å². The maximum Gasteiger partial charge on any atom is 0.340 e. The van der Waals surface area contributed by atoms with Crippen LogP contribution in [0.4, 0.5) is 15.8 Å². The zero-order valence-electron chi connectivity index (χ0n) is 10.7. The quantitative estimate of drug-likeness (QED) is 0.694. The molecule has 0 aliphatic carbocycles. The Balaban J connectivity index is 2.96. The van der Waals surface area contributed by atoms with Gasteiger partial charge in [-0.2, -0.15) is 0 Å². The molecule has 18 heavy (non-hydrogen) atoms. The number of nitrogens with zero attached hydrogens (tertiary/aromatic N) is 1. The molecule has 1 aromatic carbocycles. The second-order valence-electron chi connectivity index (χ2n) is 4.38. The van der Waals surface area contributed by atoms with Gasteiger partial charge >= 0.3 is 5.97 Å². The fourth-order valence-electron chi connectivity index (χ4n) is 1.41. The van der Waals surface area contributed by atoms with Gasteiger partial charge in [0.2, 0.25) is 0 Å². The number of halogens is 1. The molecule has 0 fully saturated rings. The van der Waals surface area contributed by atoms with E-state index in [2.05, 4.69) is 5.32 Å². The predicted molar refractivity (Wildman–Crippen MR) is 69.4 cm³/mol. The Hall–Kier alpha value is -1.82. The Kier molecular flexibility index (Phi) is 4.49. The molecule has 0 saturated heterocycles. The lowest BCUT2D eigenvalue weighted by Crippen LogP contribution is -2.31. The molecule has 0 aliphatic rings. The highest BCUT2D eigenvalue weighted by atomic mass is 19.1. The number of nitrogens with two attached hydrogens (primary N) is 1. The standard InChI is InChI=1S/C12H18FN3O2/c1-7(16(2)3)6-15-9-5-4-8(13)11(14)10(9)12(17)18/h4-5,7,15H,6,14H2,1-3H3,(H,17,18). The molecule has 0 aliphatic heterocycles. The van der Waals surface area contributed by atoms with Crippen molar-refractivity contribution in [3.63, 3.8) is 0 Å². The van der Waals surface area contributed by atoms with Crippen molar-refractivity contribution in [3.8, 4) is 0 Å². The topological polar surface area (TPSA) is 78.6 Å². The lowest BCUT2D eigenvalue weighted by atomic mass is 10.1. The molecule has 0 aromatic heterocycles. The molecule has 0 bridgehead atoms. The fourth-order valence-corrected chi connectivity index (χ4v) is 1.41. The summed E-state index contributed by atoms with van der Waals surface area (Å²) >= 11 is 0. The number of nitrogen functional groups attached to an aromatic ring is 1. The van der Waals surface area contributed by atoms with Crippen LogP contribution in [-0.2, 0) is 0 Å². The van der Waals surface area contributed by atoms with Crippen molar-refractivity contribution >= 4 is 17.3 Å². The zero-order chi connectivity index (χ0) is 13.9. The van der Waals surface area contributed by atoms with Crippen molar-refractivity contribution in [2.45, 2.75) is 13.0 Å². The van der Waals surface area contributed by atoms with Gasteiger partial charge in [-0.15, -0.1) is 0 Å². The van der Waals surface area contributed by atoms with Gasteiger partial charge in [0, 0.05) is 12.6 Å². The molecule has 0 saturated carbocycles. The van der Waals surface area contributed by atoms with E-state index in [4.69, 9.17) is 10.8 Å². The minimum Gasteiger partial charge on any atom is -0.478 e. The van der Waals surface area contributed by atoms with Gasteiger partial charge in [-0.25, -0.2) is 9.18 Å².